The topological polar surface area (TPSA) is 89.3 Å². The Labute approximate surface area is 151 Å². The molecular formula is C18H23FN4O3. The fraction of sp³-hybridized carbons (Fsp3) is 0.500. The average molecular weight is 362 g/mol. The summed E-state index contributed by atoms with van der Waals surface area (Å²) < 4.78 is 20.2. The molecule has 7 nitrogen and oxygen atoms in total. The standard InChI is InChI=1S/C18H23FN4O3/c1-11-7-13(19)3-4-15(11)18(25)20-14-8-12(9-14)17-22-21-16(10-24)23(17)5-6-26-2/h3-4,7,12,14,24H,5-6,8-10H2,1-2H3,(H,20,25). The highest BCUT2D eigenvalue weighted by atomic mass is 19.1. The number of aromatic nitrogens is 3. The monoisotopic (exact) mass is 362 g/mol. The van der Waals surface area contributed by atoms with Crippen LogP contribution < -0.4 is 5.32 Å². The number of benzene rings is 1. The molecule has 1 heterocycles. The van der Waals surface area contributed by atoms with Crippen LogP contribution in [-0.4, -0.2) is 45.5 Å². The Kier molecular flexibility index (Phi) is 5.63. The number of hydrogen-bond acceptors (Lipinski definition) is 5. The third kappa shape index (κ3) is 3.76. The van der Waals surface area contributed by atoms with E-state index in [1.807, 2.05) is 4.57 Å². The van der Waals surface area contributed by atoms with E-state index in [2.05, 4.69) is 15.5 Å². The molecule has 0 unspecified atom stereocenters. The number of carbonyl (C=O) groups excluding carboxylic acids is 1. The van der Waals surface area contributed by atoms with Crippen LogP contribution in [-0.2, 0) is 17.9 Å². The molecule has 0 radical (unpaired) electrons. The van der Waals surface area contributed by atoms with E-state index < -0.39 is 0 Å². The molecule has 26 heavy (non-hydrogen) atoms. The van der Waals surface area contributed by atoms with Gasteiger partial charge >= 0.3 is 0 Å². The molecule has 0 atom stereocenters. The first-order valence-corrected chi connectivity index (χ1v) is 8.62. The minimum absolute atomic E-state index is 0.0436. The first-order valence-electron chi connectivity index (χ1n) is 8.62. The second-order valence-electron chi connectivity index (χ2n) is 6.57. The van der Waals surface area contributed by atoms with E-state index >= 15 is 0 Å². The van der Waals surface area contributed by atoms with Gasteiger partial charge in [0.05, 0.1) is 6.61 Å². The van der Waals surface area contributed by atoms with E-state index in [9.17, 15) is 14.3 Å². The molecule has 1 aliphatic carbocycles. The number of aryl methyl sites for hydroxylation is 1. The zero-order valence-corrected chi connectivity index (χ0v) is 14.9. The lowest BCUT2D eigenvalue weighted by molar-refractivity contribution is 0.0905. The van der Waals surface area contributed by atoms with E-state index in [1.165, 1.54) is 18.2 Å². The fourth-order valence-electron chi connectivity index (χ4n) is 3.29. The fourth-order valence-corrected chi connectivity index (χ4v) is 3.29. The van der Waals surface area contributed by atoms with Crippen molar-refractivity contribution in [1.29, 1.82) is 0 Å². The molecule has 1 amide bonds. The molecule has 0 bridgehead atoms. The second-order valence-corrected chi connectivity index (χ2v) is 6.57. The zero-order chi connectivity index (χ0) is 18.7. The van der Waals surface area contributed by atoms with E-state index in [4.69, 9.17) is 4.74 Å². The van der Waals surface area contributed by atoms with Crippen LogP contribution in [0.3, 0.4) is 0 Å². The van der Waals surface area contributed by atoms with Crippen molar-refractivity contribution < 1.29 is 19.0 Å². The Bertz CT molecular complexity index is 787. The quantitative estimate of drug-likeness (QED) is 0.780. The van der Waals surface area contributed by atoms with Gasteiger partial charge < -0.3 is 19.7 Å². The van der Waals surface area contributed by atoms with Crippen LogP contribution >= 0.6 is 0 Å². The molecular weight excluding hydrogens is 339 g/mol. The molecule has 0 saturated heterocycles. The van der Waals surface area contributed by atoms with Crippen molar-refractivity contribution in [1.82, 2.24) is 20.1 Å². The summed E-state index contributed by atoms with van der Waals surface area (Å²) in [4.78, 5) is 12.4. The maximum atomic E-state index is 13.2. The SMILES string of the molecule is COCCn1c(CO)nnc1C1CC(NC(=O)c2ccc(F)cc2C)C1. The van der Waals surface area contributed by atoms with Crippen LogP contribution in [0.1, 0.15) is 46.3 Å². The van der Waals surface area contributed by atoms with Gasteiger partial charge in [-0.15, -0.1) is 10.2 Å². The summed E-state index contributed by atoms with van der Waals surface area (Å²) in [6.07, 6.45) is 1.51. The molecule has 2 aromatic rings. The van der Waals surface area contributed by atoms with E-state index in [1.54, 1.807) is 14.0 Å². The summed E-state index contributed by atoms with van der Waals surface area (Å²) in [6.45, 7) is 2.63. The van der Waals surface area contributed by atoms with Crippen LogP contribution in [0.4, 0.5) is 4.39 Å². The third-order valence-electron chi connectivity index (χ3n) is 4.79. The maximum Gasteiger partial charge on any atom is 0.251 e. The molecule has 140 valence electrons. The normalized spacial score (nSPS) is 19.2. The highest BCUT2D eigenvalue weighted by molar-refractivity contribution is 5.95. The number of rotatable bonds is 7. The first kappa shape index (κ1) is 18.5. The number of halogens is 1. The van der Waals surface area contributed by atoms with Crippen LogP contribution in [0.5, 0.6) is 0 Å². The lowest BCUT2D eigenvalue weighted by Gasteiger charge is -2.35. The largest absolute Gasteiger partial charge is 0.388 e. The van der Waals surface area contributed by atoms with Crippen LogP contribution in [0.25, 0.3) is 0 Å². The molecule has 3 rings (SSSR count). The number of aliphatic hydroxyl groups excluding tert-OH is 1. The Morgan fingerprint density at radius 1 is 1.42 bits per heavy atom. The van der Waals surface area contributed by atoms with E-state index in [0.29, 0.717) is 30.1 Å². The number of nitrogens with one attached hydrogen (secondary N) is 1. The minimum atomic E-state index is -0.349. The summed E-state index contributed by atoms with van der Waals surface area (Å²) >= 11 is 0. The predicted molar refractivity (Wildman–Crippen MR) is 92.2 cm³/mol. The molecule has 1 saturated carbocycles. The lowest BCUT2D eigenvalue weighted by atomic mass is 9.79. The molecule has 2 N–H and O–H groups in total. The van der Waals surface area contributed by atoms with Crippen LogP contribution in [0, 0.1) is 12.7 Å². The summed E-state index contributed by atoms with van der Waals surface area (Å²) in [5.41, 5.74) is 1.10. The van der Waals surface area contributed by atoms with Gasteiger partial charge in [-0.05, 0) is 43.5 Å². The molecule has 0 aliphatic heterocycles. The summed E-state index contributed by atoms with van der Waals surface area (Å²) in [5, 5.41) is 20.6. The highest BCUT2D eigenvalue weighted by Gasteiger charge is 2.35. The molecule has 0 spiro atoms. The molecule has 1 fully saturated rings. The van der Waals surface area contributed by atoms with Gasteiger partial charge in [0.15, 0.2) is 5.82 Å². The van der Waals surface area contributed by atoms with Gasteiger partial charge in [-0.2, -0.15) is 0 Å². The van der Waals surface area contributed by atoms with Gasteiger partial charge in [0.1, 0.15) is 18.2 Å². The van der Waals surface area contributed by atoms with Gasteiger partial charge in [-0.25, -0.2) is 4.39 Å². The van der Waals surface area contributed by atoms with Gasteiger partial charge in [0.25, 0.3) is 5.91 Å². The predicted octanol–water partition coefficient (Wildman–Crippen LogP) is 1.54. The third-order valence-corrected chi connectivity index (χ3v) is 4.79. The second kappa shape index (κ2) is 7.92. The number of amides is 1. The number of aliphatic hydroxyl groups is 1. The summed E-state index contributed by atoms with van der Waals surface area (Å²) in [5.74, 6) is 0.973. The van der Waals surface area contributed by atoms with Crippen molar-refractivity contribution in [3.8, 4) is 0 Å². The Hall–Kier alpha value is -2.32. The van der Waals surface area contributed by atoms with Gasteiger partial charge in [0, 0.05) is 31.2 Å². The maximum absolute atomic E-state index is 13.2. The molecule has 1 aromatic carbocycles. The number of hydrogen-bond donors (Lipinski definition) is 2. The Balaban J connectivity index is 1.60. The smallest absolute Gasteiger partial charge is 0.251 e. The minimum Gasteiger partial charge on any atom is -0.388 e. The van der Waals surface area contributed by atoms with Crippen molar-refractivity contribution in [3.05, 3.63) is 46.8 Å². The van der Waals surface area contributed by atoms with Crippen LogP contribution in [0.2, 0.25) is 0 Å². The molecule has 1 aromatic heterocycles. The van der Waals surface area contributed by atoms with Crippen molar-refractivity contribution in [2.75, 3.05) is 13.7 Å². The van der Waals surface area contributed by atoms with Crippen molar-refractivity contribution in [2.24, 2.45) is 0 Å². The summed E-state index contributed by atoms with van der Waals surface area (Å²) in [6, 6.07) is 4.19. The first-order chi connectivity index (χ1) is 12.5. The van der Waals surface area contributed by atoms with Crippen molar-refractivity contribution >= 4 is 5.91 Å². The zero-order valence-electron chi connectivity index (χ0n) is 14.9. The van der Waals surface area contributed by atoms with E-state index in [-0.39, 0.29) is 30.3 Å². The van der Waals surface area contributed by atoms with Crippen LogP contribution in [0.15, 0.2) is 18.2 Å². The number of methoxy groups -OCH3 is 1. The van der Waals surface area contributed by atoms with Gasteiger partial charge in [-0.1, -0.05) is 0 Å². The summed E-state index contributed by atoms with van der Waals surface area (Å²) in [7, 11) is 1.62. The highest BCUT2D eigenvalue weighted by Crippen LogP contribution is 2.36. The Morgan fingerprint density at radius 2 is 2.19 bits per heavy atom. The lowest BCUT2D eigenvalue weighted by Crippen LogP contribution is -2.44. The number of nitrogens with zero attached hydrogens (tertiary/aromatic N) is 3. The van der Waals surface area contributed by atoms with E-state index in [0.717, 1.165) is 18.7 Å². The Morgan fingerprint density at radius 3 is 2.85 bits per heavy atom. The van der Waals surface area contributed by atoms with Gasteiger partial charge in [-0.3, -0.25) is 4.79 Å². The van der Waals surface area contributed by atoms with Gasteiger partial charge in [0.2, 0.25) is 0 Å². The average Bonchev–Trinajstić information content (AvgIpc) is 2.97. The number of ether oxygens (including phenoxy) is 1. The number of carbonyl (C=O) groups is 1. The van der Waals surface area contributed by atoms with Crippen molar-refractivity contribution in [2.45, 2.75) is 44.9 Å². The molecule has 8 heteroatoms. The molecule has 1 aliphatic rings. The van der Waals surface area contributed by atoms with Crippen molar-refractivity contribution in [3.63, 3.8) is 0 Å².